The Kier molecular flexibility index (Phi) is 7.17. The van der Waals surface area contributed by atoms with Crippen LogP contribution in [0.4, 0.5) is 15.9 Å². The van der Waals surface area contributed by atoms with Gasteiger partial charge in [0.25, 0.3) is 5.91 Å². The van der Waals surface area contributed by atoms with Gasteiger partial charge in [0.05, 0.1) is 5.56 Å². The Morgan fingerprint density at radius 2 is 1.86 bits per heavy atom. The maximum atomic E-state index is 15.1. The molecular weight excluding hydrogens is 461 g/mol. The Bertz CT molecular complexity index is 1470. The molecule has 0 saturated heterocycles. The van der Waals surface area contributed by atoms with Gasteiger partial charge in [-0.15, -0.1) is 0 Å². The molecule has 0 saturated carbocycles. The molecule has 4 rings (SSSR count). The van der Waals surface area contributed by atoms with Crippen molar-refractivity contribution in [2.75, 3.05) is 11.1 Å². The molecule has 0 aliphatic carbocycles. The molecule has 3 N–H and O–H groups in total. The van der Waals surface area contributed by atoms with E-state index >= 15 is 4.39 Å². The fourth-order valence-corrected chi connectivity index (χ4v) is 3.25. The first-order valence-corrected chi connectivity index (χ1v) is 10.7. The molecule has 0 fully saturated rings. The maximum Gasteiger partial charge on any atom is 0.265 e. The van der Waals surface area contributed by atoms with Crippen LogP contribution in [-0.4, -0.2) is 15.9 Å². The van der Waals surface area contributed by atoms with E-state index in [0.29, 0.717) is 18.0 Å². The van der Waals surface area contributed by atoms with Crippen molar-refractivity contribution < 1.29 is 18.7 Å². The van der Waals surface area contributed by atoms with Gasteiger partial charge in [0.15, 0.2) is 0 Å². The quantitative estimate of drug-likeness (QED) is 0.260. The maximum absolute atomic E-state index is 15.1. The number of aromatic nitrogens is 2. The zero-order chi connectivity index (χ0) is 25.5. The van der Waals surface area contributed by atoms with Crippen LogP contribution in [0.2, 0.25) is 0 Å². The molecule has 0 radical (unpaired) electrons. The summed E-state index contributed by atoms with van der Waals surface area (Å²) in [5.74, 6) is -0.560. The molecule has 1 heterocycles. The molecule has 1 amide bonds. The van der Waals surface area contributed by atoms with Crippen LogP contribution in [0.3, 0.4) is 0 Å². The highest BCUT2D eigenvalue weighted by Crippen LogP contribution is 2.37. The van der Waals surface area contributed by atoms with Gasteiger partial charge in [0.2, 0.25) is 5.88 Å². The van der Waals surface area contributed by atoms with E-state index in [2.05, 4.69) is 21.9 Å². The van der Waals surface area contributed by atoms with Crippen LogP contribution >= 0.6 is 0 Å². The van der Waals surface area contributed by atoms with E-state index in [9.17, 15) is 4.79 Å². The largest absolute Gasteiger partial charge is 0.489 e. The molecule has 0 atom stereocenters. The van der Waals surface area contributed by atoms with E-state index in [0.717, 1.165) is 5.56 Å². The molecule has 36 heavy (non-hydrogen) atoms. The lowest BCUT2D eigenvalue weighted by Crippen LogP contribution is -2.12. The number of hydrogen-bond donors (Lipinski definition) is 2. The summed E-state index contributed by atoms with van der Waals surface area (Å²) in [6, 6.07) is 22.0. The summed E-state index contributed by atoms with van der Waals surface area (Å²) in [6.07, 6.45) is 1.20. The molecule has 0 bridgehead atoms. The second-order valence-electron chi connectivity index (χ2n) is 7.53. The van der Waals surface area contributed by atoms with Gasteiger partial charge < -0.3 is 20.5 Å². The fraction of sp³-hybridized carbons (Fsp3) is 0.0370. The predicted molar refractivity (Wildman–Crippen MR) is 133 cm³/mol. The van der Waals surface area contributed by atoms with Crippen molar-refractivity contribution in [3.8, 4) is 34.6 Å². The van der Waals surface area contributed by atoms with Crippen LogP contribution < -0.4 is 20.5 Å². The fourth-order valence-electron chi connectivity index (χ4n) is 3.25. The highest BCUT2D eigenvalue weighted by molar-refractivity contribution is 6.06. The standard InChI is InChI=1S/C27H20FN5O3/c1-17(14-29)26(34)33-19-8-5-9-21(12-19)36-27-24(25(30)31-16-32-27)22-11-10-20(13-23(22)28)35-15-18-6-3-2-4-7-18/h2-13,16H,1,15H2,(H,33,34)(H2,30,31,32). The summed E-state index contributed by atoms with van der Waals surface area (Å²) < 4.78 is 26.7. The van der Waals surface area contributed by atoms with E-state index in [4.69, 9.17) is 20.5 Å². The molecule has 3 aromatic carbocycles. The van der Waals surface area contributed by atoms with Gasteiger partial charge in [-0.25, -0.2) is 14.4 Å². The van der Waals surface area contributed by atoms with Crippen molar-refractivity contribution in [1.82, 2.24) is 9.97 Å². The number of carbonyl (C=O) groups excluding carboxylic acids is 1. The second kappa shape index (κ2) is 10.8. The zero-order valence-corrected chi connectivity index (χ0v) is 18.9. The Morgan fingerprint density at radius 1 is 1.06 bits per heavy atom. The van der Waals surface area contributed by atoms with E-state index in [1.807, 2.05) is 30.3 Å². The lowest BCUT2D eigenvalue weighted by atomic mass is 10.1. The van der Waals surface area contributed by atoms with Crippen LogP contribution in [0.25, 0.3) is 11.1 Å². The van der Waals surface area contributed by atoms with Crippen LogP contribution in [0.15, 0.2) is 91.3 Å². The summed E-state index contributed by atoms with van der Waals surface area (Å²) in [4.78, 5) is 20.0. The van der Waals surface area contributed by atoms with E-state index in [-0.39, 0.29) is 34.1 Å². The molecule has 4 aromatic rings. The molecule has 9 heteroatoms. The Balaban J connectivity index is 1.57. The summed E-state index contributed by atoms with van der Waals surface area (Å²) in [7, 11) is 0. The number of anilines is 2. The van der Waals surface area contributed by atoms with Gasteiger partial charge in [-0.05, 0) is 29.8 Å². The van der Waals surface area contributed by atoms with Crippen molar-refractivity contribution in [1.29, 1.82) is 5.26 Å². The molecule has 0 unspecified atom stereocenters. The number of halogens is 1. The van der Waals surface area contributed by atoms with Crippen molar-refractivity contribution in [2.45, 2.75) is 6.61 Å². The minimum Gasteiger partial charge on any atom is -0.489 e. The summed E-state index contributed by atoms with van der Waals surface area (Å²) in [5, 5.41) is 11.4. The average Bonchev–Trinajstić information content (AvgIpc) is 2.88. The van der Waals surface area contributed by atoms with Gasteiger partial charge in [0, 0.05) is 23.4 Å². The van der Waals surface area contributed by atoms with Gasteiger partial charge in [0.1, 0.15) is 47.7 Å². The molecule has 178 valence electrons. The van der Waals surface area contributed by atoms with E-state index in [1.165, 1.54) is 24.5 Å². The van der Waals surface area contributed by atoms with Crippen LogP contribution in [0, 0.1) is 17.1 Å². The Labute approximate surface area is 206 Å². The third-order valence-electron chi connectivity index (χ3n) is 5.02. The smallest absolute Gasteiger partial charge is 0.265 e. The number of nitrogens with two attached hydrogens (primary N) is 1. The monoisotopic (exact) mass is 481 g/mol. The first-order chi connectivity index (χ1) is 17.4. The molecule has 0 aliphatic rings. The van der Waals surface area contributed by atoms with Gasteiger partial charge in [-0.2, -0.15) is 5.26 Å². The molecule has 0 aliphatic heterocycles. The highest BCUT2D eigenvalue weighted by Gasteiger charge is 2.19. The summed E-state index contributed by atoms with van der Waals surface area (Å²) in [5.41, 5.74) is 7.44. The zero-order valence-electron chi connectivity index (χ0n) is 18.9. The number of amides is 1. The number of rotatable bonds is 8. The van der Waals surface area contributed by atoms with Crippen LogP contribution in [0.1, 0.15) is 5.56 Å². The number of ether oxygens (including phenoxy) is 2. The lowest BCUT2D eigenvalue weighted by Gasteiger charge is -2.14. The van der Waals surface area contributed by atoms with E-state index in [1.54, 1.807) is 30.3 Å². The first-order valence-electron chi connectivity index (χ1n) is 10.7. The molecule has 0 spiro atoms. The highest BCUT2D eigenvalue weighted by atomic mass is 19.1. The molecule has 8 nitrogen and oxygen atoms in total. The minimum absolute atomic E-state index is 0.0178. The number of nitrogen functional groups attached to an aromatic ring is 1. The third-order valence-corrected chi connectivity index (χ3v) is 5.02. The van der Waals surface area contributed by atoms with Crippen molar-refractivity contribution in [2.24, 2.45) is 0 Å². The number of nitrogens with one attached hydrogen (secondary N) is 1. The summed E-state index contributed by atoms with van der Waals surface area (Å²) in [6.45, 7) is 3.67. The number of hydrogen-bond acceptors (Lipinski definition) is 7. The lowest BCUT2D eigenvalue weighted by molar-refractivity contribution is -0.112. The third kappa shape index (κ3) is 5.63. The topological polar surface area (TPSA) is 123 Å². The number of carbonyl (C=O) groups is 1. The Morgan fingerprint density at radius 3 is 2.61 bits per heavy atom. The van der Waals surface area contributed by atoms with Gasteiger partial charge >= 0.3 is 0 Å². The number of benzene rings is 3. The van der Waals surface area contributed by atoms with Crippen molar-refractivity contribution in [3.63, 3.8) is 0 Å². The SMILES string of the molecule is C=C(C#N)C(=O)Nc1cccc(Oc2ncnc(N)c2-c2ccc(OCc3ccccc3)cc2F)c1. The number of nitriles is 1. The van der Waals surface area contributed by atoms with Crippen molar-refractivity contribution in [3.05, 3.63) is 103 Å². The normalized spacial score (nSPS) is 10.2. The first kappa shape index (κ1) is 23.9. The minimum atomic E-state index is -0.640. The predicted octanol–water partition coefficient (Wildman–Crippen LogP) is 5.25. The average molecular weight is 481 g/mol. The molecular formula is C27H20FN5O3. The van der Waals surface area contributed by atoms with Crippen LogP contribution in [0.5, 0.6) is 17.4 Å². The summed E-state index contributed by atoms with van der Waals surface area (Å²) >= 11 is 0. The number of nitrogens with zero attached hydrogens (tertiary/aromatic N) is 3. The van der Waals surface area contributed by atoms with E-state index < -0.39 is 11.7 Å². The molecule has 1 aromatic heterocycles. The second-order valence-corrected chi connectivity index (χ2v) is 7.53. The van der Waals surface area contributed by atoms with Crippen molar-refractivity contribution >= 4 is 17.4 Å². The Hall–Kier alpha value is -5.23. The van der Waals surface area contributed by atoms with Gasteiger partial charge in [-0.1, -0.05) is 43.0 Å². The van der Waals surface area contributed by atoms with Crippen LogP contribution in [-0.2, 0) is 11.4 Å². The van der Waals surface area contributed by atoms with Gasteiger partial charge in [-0.3, -0.25) is 4.79 Å².